The van der Waals surface area contributed by atoms with E-state index in [0.29, 0.717) is 23.5 Å². The van der Waals surface area contributed by atoms with E-state index in [1.807, 2.05) is 6.92 Å². The summed E-state index contributed by atoms with van der Waals surface area (Å²) in [7, 11) is 1.54. The number of anilines is 2. The van der Waals surface area contributed by atoms with E-state index < -0.39 is 0 Å². The van der Waals surface area contributed by atoms with Gasteiger partial charge in [0.1, 0.15) is 5.75 Å². The summed E-state index contributed by atoms with van der Waals surface area (Å²) in [5.74, 6) is 0.464. The Labute approximate surface area is 112 Å². The van der Waals surface area contributed by atoms with Crippen LogP contribution in [0, 0.1) is 0 Å². The Morgan fingerprint density at radius 3 is 2.83 bits per heavy atom. The number of benzene rings is 1. The van der Waals surface area contributed by atoms with Crippen LogP contribution in [0.25, 0.3) is 0 Å². The van der Waals surface area contributed by atoms with Crippen molar-refractivity contribution in [3.8, 4) is 5.75 Å². The highest BCUT2D eigenvalue weighted by molar-refractivity contribution is 7.80. The SMILES string of the molecule is CCCC(=O)NC(=S)Nc1ccc(N)cc1OC. The summed E-state index contributed by atoms with van der Waals surface area (Å²) in [5, 5.41) is 5.73. The molecule has 0 spiro atoms. The molecule has 6 heteroatoms. The highest BCUT2D eigenvalue weighted by Gasteiger charge is 2.07. The number of amides is 1. The van der Waals surface area contributed by atoms with Gasteiger partial charge in [0, 0.05) is 18.2 Å². The zero-order chi connectivity index (χ0) is 13.5. The lowest BCUT2D eigenvalue weighted by molar-refractivity contribution is -0.119. The number of ether oxygens (including phenoxy) is 1. The Kier molecular flexibility index (Phi) is 5.38. The number of nitrogens with one attached hydrogen (secondary N) is 2. The number of thiocarbonyl (C=S) groups is 1. The minimum absolute atomic E-state index is 0.107. The molecule has 0 aliphatic rings. The number of hydrogen-bond donors (Lipinski definition) is 3. The molecule has 4 N–H and O–H groups in total. The van der Waals surface area contributed by atoms with E-state index >= 15 is 0 Å². The lowest BCUT2D eigenvalue weighted by Gasteiger charge is -2.13. The number of rotatable bonds is 4. The third-order valence-electron chi connectivity index (χ3n) is 2.20. The van der Waals surface area contributed by atoms with Gasteiger partial charge in [-0.05, 0) is 30.8 Å². The number of hydrogen-bond acceptors (Lipinski definition) is 4. The maximum Gasteiger partial charge on any atom is 0.226 e. The molecule has 1 aromatic carbocycles. The van der Waals surface area contributed by atoms with Gasteiger partial charge in [-0.2, -0.15) is 0 Å². The number of nitrogens with two attached hydrogens (primary N) is 1. The number of carbonyl (C=O) groups is 1. The second-order valence-electron chi connectivity index (χ2n) is 3.71. The van der Waals surface area contributed by atoms with Crippen molar-refractivity contribution < 1.29 is 9.53 Å². The fourth-order valence-corrected chi connectivity index (χ4v) is 1.60. The first kappa shape index (κ1) is 14.2. The van der Waals surface area contributed by atoms with Crippen LogP contribution < -0.4 is 21.1 Å². The maximum absolute atomic E-state index is 11.4. The summed E-state index contributed by atoms with van der Waals surface area (Å²) in [5.41, 5.74) is 6.90. The summed E-state index contributed by atoms with van der Waals surface area (Å²) >= 11 is 5.04. The van der Waals surface area contributed by atoms with Crippen molar-refractivity contribution in [1.29, 1.82) is 0 Å². The van der Waals surface area contributed by atoms with E-state index in [-0.39, 0.29) is 11.0 Å². The van der Waals surface area contributed by atoms with E-state index in [2.05, 4.69) is 10.6 Å². The summed E-state index contributed by atoms with van der Waals surface area (Å²) in [6.07, 6.45) is 1.22. The van der Waals surface area contributed by atoms with Gasteiger partial charge in [0.25, 0.3) is 0 Å². The molecule has 0 radical (unpaired) electrons. The Morgan fingerprint density at radius 1 is 1.50 bits per heavy atom. The number of nitrogen functional groups attached to an aromatic ring is 1. The number of carbonyl (C=O) groups excluding carboxylic acids is 1. The molecule has 0 aliphatic heterocycles. The van der Waals surface area contributed by atoms with Crippen LogP contribution in [0.1, 0.15) is 19.8 Å². The van der Waals surface area contributed by atoms with Crippen LogP contribution in [0.2, 0.25) is 0 Å². The molecule has 0 saturated heterocycles. The fraction of sp³-hybridized carbons (Fsp3) is 0.333. The minimum Gasteiger partial charge on any atom is -0.494 e. The molecule has 0 fully saturated rings. The Hall–Kier alpha value is -1.82. The molecule has 1 aromatic rings. The molecule has 0 aliphatic carbocycles. The van der Waals surface area contributed by atoms with E-state index in [9.17, 15) is 4.79 Å². The highest BCUT2D eigenvalue weighted by atomic mass is 32.1. The van der Waals surface area contributed by atoms with Gasteiger partial charge in [0.2, 0.25) is 5.91 Å². The van der Waals surface area contributed by atoms with Crippen LogP contribution in [0.4, 0.5) is 11.4 Å². The molecule has 0 heterocycles. The van der Waals surface area contributed by atoms with Gasteiger partial charge >= 0.3 is 0 Å². The molecule has 0 atom stereocenters. The molecule has 0 unspecified atom stereocenters. The van der Waals surface area contributed by atoms with Crippen LogP contribution in [0.5, 0.6) is 5.75 Å². The largest absolute Gasteiger partial charge is 0.494 e. The van der Waals surface area contributed by atoms with Gasteiger partial charge in [0.15, 0.2) is 5.11 Å². The molecule has 5 nitrogen and oxygen atoms in total. The smallest absolute Gasteiger partial charge is 0.226 e. The van der Waals surface area contributed by atoms with E-state index in [1.165, 1.54) is 0 Å². The maximum atomic E-state index is 11.4. The summed E-state index contributed by atoms with van der Waals surface area (Å²) in [6, 6.07) is 5.15. The molecular formula is C12H17N3O2S. The van der Waals surface area contributed by atoms with Gasteiger partial charge in [-0.15, -0.1) is 0 Å². The average Bonchev–Trinajstić information content (AvgIpc) is 2.31. The van der Waals surface area contributed by atoms with Gasteiger partial charge in [-0.3, -0.25) is 4.79 Å². The fourth-order valence-electron chi connectivity index (χ4n) is 1.38. The lowest BCUT2D eigenvalue weighted by atomic mass is 10.2. The van der Waals surface area contributed by atoms with Crippen LogP contribution in [-0.2, 0) is 4.79 Å². The van der Waals surface area contributed by atoms with Crippen molar-refractivity contribution >= 4 is 34.6 Å². The topological polar surface area (TPSA) is 76.4 Å². The monoisotopic (exact) mass is 267 g/mol. The second-order valence-corrected chi connectivity index (χ2v) is 4.12. The standard InChI is InChI=1S/C12H17N3O2S/c1-3-4-11(16)15-12(18)14-9-6-5-8(13)7-10(9)17-2/h5-7H,3-4,13H2,1-2H3,(H2,14,15,16,18). The average molecular weight is 267 g/mol. The predicted octanol–water partition coefficient (Wildman–Crippen LogP) is 1.89. The summed E-state index contributed by atoms with van der Waals surface area (Å²) in [4.78, 5) is 11.4. The zero-order valence-electron chi connectivity index (χ0n) is 10.4. The van der Waals surface area contributed by atoms with E-state index in [0.717, 1.165) is 6.42 Å². The molecule has 1 amide bonds. The van der Waals surface area contributed by atoms with Crippen LogP contribution in [-0.4, -0.2) is 18.1 Å². The summed E-state index contributed by atoms with van der Waals surface area (Å²) in [6.45, 7) is 1.93. The molecule has 0 bridgehead atoms. The Morgan fingerprint density at radius 2 is 2.22 bits per heavy atom. The van der Waals surface area contributed by atoms with Crippen molar-refractivity contribution in [2.75, 3.05) is 18.2 Å². The van der Waals surface area contributed by atoms with Crippen LogP contribution in [0.3, 0.4) is 0 Å². The Balaban J connectivity index is 2.67. The molecule has 0 aromatic heterocycles. The van der Waals surface area contributed by atoms with Crippen molar-refractivity contribution in [3.63, 3.8) is 0 Å². The van der Waals surface area contributed by atoms with Crippen molar-refractivity contribution in [2.24, 2.45) is 0 Å². The third kappa shape index (κ3) is 4.21. The van der Waals surface area contributed by atoms with Gasteiger partial charge < -0.3 is 21.1 Å². The lowest BCUT2D eigenvalue weighted by Crippen LogP contribution is -2.33. The quantitative estimate of drug-likeness (QED) is 0.573. The third-order valence-corrected chi connectivity index (χ3v) is 2.41. The normalized spacial score (nSPS) is 9.67. The highest BCUT2D eigenvalue weighted by Crippen LogP contribution is 2.26. The number of methoxy groups -OCH3 is 1. The molecule has 18 heavy (non-hydrogen) atoms. The molecular weight excluding hydrogens is 250 g/mol. The first-order valence-electron chi connectivity index (χ1n) is 5.61. The molecule has 0 saturated carbocycles. The Bertz CT molecular complexity index is 449. The van der Waals surface area contributed by atoms with Crippen molar-refractivity contribution in [1.82, 2.24) is 5.32 Å². The second kappa shape index (κ2) is 6.80. The van der Waals surface area contributed by atoms with Gasteiger partial charge in [-0.1, -0.05) is 6.92 Å². The first-order chi connectivity index (χ1) is 8.56. The summed E-state index contributed by atoms with van der Waals surface area (Å²) < 4.78 is 5.16. The van der Waals surface area contributed by atoms with E-state index in [1.54, 1.807) is 25.3 Å². The van der Waals surface area contributed by atoms with Crippen LogP contribution >= 0.6 is 12.2 Å². The molecule has 98 valence electrons. The van der Waals surface area contributed by atoms with E-state index in [4.69, 9.17) is 22.7 Å². The van der Waals surface area contributed by atoms with Gasteiger partial charge in [-0.25, -0.2) is 0 Å². The minimum atomic E-state index is -0.107. The van der Waals surface area contributed by atoms with Gasteiger partial charge in [0.05, 0.1) is 12.8 Å². The van der Waals surface area contributed by atoms with Crippen molar-refractivity contribution in [2.45, 2.75) is 19.8 Å². The van der Waals surface area contributed by atoms with Crippen LogP contribution in [0.15, 0.2) is 18.2 Å². The molecule has 1 rings (SSSR count). The van der Waals surface area contributed by atoms with Crippen molar-refractivity contribution in [3.05, 3.63) is 18.2 Å². The first-order valence-corrected chi connectivity index (χ1v) is 6.02. The predicted molar refractivity (Wildman–Crippen MR) is 76.7 cm³/mol. The zero-order valence-corrected chi connectivity index (χ0v) is 11.3.